The number of likely N-dealkylation sites (N-methyl/N-ethyl adjacent to an activating group) is 1. The van der Waals surface area contributed by atoms with E-state index in [2.05, 4.69) is 22.3 Å². The third-order valence-electron chi connectivity index (χ3n) is 3.12. The number of thiazole rings is 1. The van der Waals surface area contributed by atoms with Gasteiger partial charge in [-0.3, -0.25) is 0 Å². The molecule has 0 bridgehead atoms. The third-order valence-corrected chi connectivity index (χ3v) is 4.01. The van der Waals surface area contributed by atoms with Gasteiger partial charge in [0.05, 0.1) is 10.7 Å². The first kappa shape index (κ1) is 11.0. The van der Waals surface area contributed by atoms with Crippen LogP contribution in [0, 0.1) is 0 Å². The third kappa shape index (κ3) is 2.56. The molecule has 2 heterocycles. The summed E-state index contributed by atoms with van der Waals surface area (Å²) in [7, 11) is 2.21. The molecule has 2 atom stereocenters. The van der Waals surface area contributed by atoms with Crippen LogP contribution in [0.1, 0.15) is 36.5 Å². The van der Waals surface area contributed by atoms with Gasteiger partial charge >= 0.3 is 0 Å². The van der Waals surface area contributed by atoms with E-state index in [1.807, 2.05) is 6.92 Å². The van der Waals surface area contributed by atoms with Crippen molar-refractivity contribution in [3.8, 4) is 0 Å². The molecule has 84 valence electrons. The van der Waals surface area contributed by atoms with Gasteiger partial charge in [0.2, 0.25) is 0 Å². The maximum absolute atomic E-state index is 5.80. The molecular formula is C11H19N3S. The lowest BCUT2D eigenvalue weighted by molar-refractivity contribution is 0.309. The van der Waals surface area contributed by atoms with Crippen LogP contribution in [-0.4, -0.2) is 29.5 Å². The fourth-order valence-electron chi connectivity index (χ4n) is 2.07. The molecule has 1 saturated heterocycles. The quantitative estimate of drug-likeness (QED) is 0.853. The molecule has 1 aromatic rings. The average Bonchev–Trinajstić information content (AvgIpc) is 2.77. The topological polar surface area (TPSA) is 42.1 Å². The van der Waals surface area contributed by atoms with Crippen molar-refractivity contribution in [2.24, 2.45) is 5.73 Å². The molecule has 4 heteroatoms. The number of hydrogen-bond donors (Lipinski definition) is 1. The van der Waals surface area contributed by atoms with Gasteiger partial charge in [-0.05, 0) is 33.4 Å². The van der Waals surface area contributed by atoms with Gasteiger partial charge in [0.25, 0.3) is 0 Å². The highest BCUT2D eigenvalue weighted by molar-refractivity contribution is 7.09. The summed E-state index contributed by atoms with van der Waals surface area (Å²) in [5, 5.41) is 3.33. The predicted molar refractivity (Wildman–Crippen MR) is 64.1 cm³/mol. The number of aromatic nitrogens is 1. The van der Waals surface area contributed by atoms with E-state index in [1.54, 1.807) is 11.3 Å². The van der Waals surface area contributed by atoms with Crippen LogP contribution in [0.4, 0.5) is 0 Å². The standard InChI is InChI=1S/C11H19N3S/c1-8(12)10-7-15-11(13-10)6-9-4-3-5-14(9)2/h7-9H,3-6,12H2,1-2H3. The largest absolute Gasteiger partial charge is 0.323 e. The van der Waals surface area contributed by atoms with Crippen molar-refractivity contribution in [2.45, 2.75) is 38.3 Å². The highest BCUT2D eigenvalue weighted by atomic mass is 32.1. The lowest BCUT2D eigenvalue weighted by Crippen LogP contribution is -2.26. The molecule has 2 N–H and O–H groups in total. The molecule has 0 aromatic carbocycles. The summed E-state index contributed by atoms with van der Waals surface area (Å²) in [6.45, 7) is 3.22. The minimum Gasteiger partial charge on any atom is -0.323 e. The molecule has 0 radical (unpaired) electrons. The molecule has 2 unspecified atom stereocenters. The van der Waals surface area contributed by atoms with Crippen molar-refractivity contribution < 1.29 is 0 Å². The molecule has 0 amide bonds. The van der Waals surface area contributed by atoms with Gasteiger partial charge in [0, 0.05) is 23.9 Å². The Morgan fingerprint density at radius 2 is 2.53 bits per heavy atom. The summed E-state index contributed by atoms with van der Waals surface area (Å²) in [4.78, 5) is 7.01. The van der Waals surface area contributed by atoms with Crippen LogP contribution in [0.2, 0.25) is 0 Å². The van der Waals surface area contributed by atoms with E-state index in [4.69, 9.17) is 5.73 Å². The Morgan fingerprint density at radius 1 is 1.73 bits per heavy atom. The van der Waals surface area contributed by atoms with Crippen molar-refractivity contribution in [1.29, 1.82) is 0 Å². The Labute approximate surface area is 95.3 Å². The van der Waals surface area contributed by atoms with Crippen molar-refractivity contribution in [3.05, 3.63) is 16.1 Å². The molecule has 2 rings (SSSR count). The smallest absolute Gasteiger partial charge is 0.0944 e. The van der Waals surface area contributed by atoms with Crippen LogP contribution in [0.25, 0.3) is 0 Å². The van der Waals surface area contributed by atoms with Crippen molar-refractivity contribution in [2.75, 3.05) is 13.6 Å². The molecule has 0 spiro atoms. The maximum Gasteiger partial charge on any atom is 0.0944 e. The Kier molecular flexibility index (Phi) is 3.38. The first-order valence-corrected chi connectivity index (χ1v) is 6.45. The summed E-state index contributed by atoms with van der Waals surface area (Å²) in [6, 6.07) is 0.758. The molecule has 0 aliphatic carbocycles. The molecule has 1 aliphatic heterocycles. The molecule has 3 nitrogen and oxygen atoms in total. The van der Waals surface area contributed by atoms with Crippen LogP contribution >= 0.6 is 11.3 Å². The van der Waals surface area contributed by atoms with E-state index in [-0.39, 0.29) is 6.04 Å². The summed E-state index contributed by atoms with van der Waals surface area (Å²) < 4.78 is 0. The van der Waals surface area contributed by atoms with E-state index in [1.165, 1.54) is 24.4 Å². The van der Waals surface area contributed by atoms with Gasteiger partial charge in [0.15, 0.2) is 0 Å². The number of likely N-dealkylation sites (tertiary alicyclic amines) is 1. The summed E-state index contributed by atoms with van der Waals surface area (Å²) in [5.41, 5.74) is 6.83. The zero-order chi connectivity index (χ0) is 10.8. The van der Waals surface area contributed by atoms with E-state index in [0.717, 1.165) is 12.1 Å². The average molecular weight is 225 g/mol. The van der Waals surface area contributed by atoms with Gasteiger partial charge in [-0.1, -0.05) is 0 Å². The number of nitrogens with two attached hydrogens (primary N) is 1. The van der Waals surface area contributed by atoms with E-state index >= 15 is 0 Å². The minimum atomic E-state index is 0.0660. The Balaban J connectivity index is 1.98. The normalized spacial score (nSPS) is 24.6. The minimum absolute atomic E-state index is 0.0660. The van der Waals surface area contributed by atoms with Crippen LogP contribution in [0.5, 0.6) is 0 Å². The van der Waals surface area contributed by atoms with Gasteiger partial charge in [-0.15, -0.1) is 11.3 Å². The van der Waals surface area contributed by atoms with Crippen molar-refractivity contribution in [3.63, 3.8) is 0 Å². The van der Waals surface area contributed by atoms with Gasteiger partial charge in [-0.25, -0.2) is 4.98 Å². The maximum atomic E-state index is 5.80. The lowest BCUT2D eigenvalue weighted by atomic mass is 10.1. The number of rotatable bonds is 3. The summed E-state index contributed by atoms with van der Waals surface area (Å²) in [6.07, 6.45) is 3.73. The monoisotopic (exact) mass is 225 g/mol. The summed E-state index contributed by atoms with van der Waals surface area (Å²) in [5.74, 6) is 0. The molecule has 0 saturated carbocycles. The van der Waals surface area contributed by atoms with Crippen LogP contribution in [0.15, 0.2) is 5.38 Å². The second-order valence-corrected chi connectivity index (χ2v) is 5.38. The number of nitrogens with zero attached hydrogens (tertiary/aromatic N) is 2. The highest BCUT2D eigenvalue weighted by Gasteiger charge is 2.22. The van der Waals surface area contributed by atoms with Gasteiger partial charge in [-0.2, -0.15) is 0 Å². The zero-order valence-electron chi connectivity index (χ0n) is 9.44. The first-order chi connectivity index (χ1) is 7.16. The first-order valence-electron chi connectivity index (χ1n) is 5.57. The Morgan fingerprint density at radius 3 is 3.07 bits per heavy atom. The molecule has 1 fully saturated rings. The predicted octanol–water partition coefficient (Wildman–Crippen LogP) is 1.80. The second kappa shape index (κ2) is 4.60. The summed E-state index contributed by atoms with van der Waals surface area (Å²) >= 11 is 1.75. The van der Waals surface area contributed by atoms with E-state index in [0.29, 0.717) is 6.04 Å². The zero-order valence-corrected chi connectivity index (χ0v) is 10.3. The SMILES string of the molecule is CC(N)c1csc(CC2CCCN2C)n1. The van der Waals surface area contributed by atoms with Crippen LogP contribution in [0.3, 0.4) is 0 Å². The fourth-order valence-corrected chi connectivity index (χ4v) is 3.04. The Hall–Kier alpha value is -0.450. The van der Waals surface area contributed by atoms with Gasteiger partial charge in [0.1, 0.15) is 0 Å². The number of hydrogen-bond acceptors (Lipinski definition) is 4. The van der Waals surface area contributed by atoms with Crippen LogP contribution in [-0.2, 0) is 6.42 Å². The van der Waals surface area contributed by atoms with Crippen molar-refractivity contribution >= 4 is 11.3 Å². The fraction of sp³-hybridized carbons (Fsp3) is 0.727. The molecule has 1 aliphatic rings. The second-order valence-electron chi connectivity index (χ2n) is 4.44. The highest BCUT2D eigenvalue weighted by Crippen LogP contribution is 2.22. The molecule has 15 heavy (non-hydrogen) atoms. The van der Waals surface area contributed by atoms with Crippen LogP contribution < -0.4 is 5.73 Å². The molecule has 1 aromatic heterocycles. The van der Waals surface area contributed by atoms with Crippen molar-refractivity contribution in [1.82, 2.24) is 9.88 Å². The van der Waals surface area contributed by atoms with E-state index < -0.39 is 0 Å². The molecular weight excluding hydrogens is 206 g/mol. The van der Waals surface area contributed by atoms with Gasteiger partial charge < -0.3 is 10.6 Å². The van der Waals surface area contributed by atoms with E-state index in [9.17, 15) is 0 Å². The Bertz CT molecular complexity index is 321. The lowest BCUT2D eigenvalue weighted by Gasteiger charge is -2.17.